The van der Waals surface area contributed by atoms with Crippen LogP contribution in [0.25, 0.3) is 0 Å². The summed E-state index contributed by atoms with van der Waals surface area (Å²) in [5.41, 5.74) is 5.38. The first-order valence-electron chi connectivity index (χ1n) is 3.68. The largest absolute Gasteiger partial charge is 0.368 e. The van der Waals surface area contributed by atoms with Crippen LogP contribution in [0.15, 0.2) is 0 Å². The molecule has 4 nitrogen and oxygen atoms in total. The molecule has 0 aliphatic rings. The van der Waals surface area contributed by atoms with Gasteiger partial charge in [-0.05, 0) is 19.1 Å². The minimum atomic E-state index is -2.71. The zero-order chi connectivity index (χ0) is 10.1. The van der Waals surface area contributed by atoms with Crippen LogP contribution in [0.3, 0.4) is 0 Å². The number of aromatic amines is 1. The molecule has 0 aromatic carbocycles. The minimum absolute atomic E-state index is 0.0741. The molecule has 13 heavy (non-hydrogen) atoms. The second kappa shape index (κ2) is 3.41. The summed E-state index contributed by atoms with van der Waals surface area (Å²) in [7, 11) is 0. The van der Waals surface area contributed by atoms with E-state index in [4.69, 9.17) is 18.0 Å². The molecule has 0 aliphatic heterocycles. The van der Waals surface area contributed by atoms with Gasteiger partial charge in [0.25, 0.3) is 0 Å². The summed E-state index contributed by atoms with van der Waals surface area (Å²) in [4.78, 5) is 0. The van der Waals surface area contributed by atoms with Crippen molar-refractivity contribution >= 4 is 18.2 Å². The van der Waals surface area contributed by atoms with Crippen LogP contribution in [0, 0.1) is 4.77 Å². The zero-order valence-corrected chi connectivity index (χ0v) is 7.87. The fraction of sp³-hybridized carbons (Fsp3) is 0.667. The van der Waals surface area contributed by atoms with Gasteiger partial charge >= 0.3 is 0 Å². The number of hydrogen-bond acceptors (Lipinski definition) is 3. The van der Waals surface area contributed by atoms with E-state index in [1.165, 1.54) is 4.57 Å². The summed E-state index contributed by atoms with van der Waals surface area (Å²) >= 11 is 4.78. The molecule has 0 bridgehead atoms. The third-order valence-corrected chi connectivity index (χ3v) is 1.87. The van der Waals surface area contributed by atoms with Gasteiger partial charge in [-0.2, -0.15) is 0 Å². The zero-order valence-electron chi connectivity index (χ0n) is 7.05. The molecule has 1 aromatic rings. The van der Waals surface area contributed by atoms with Gasteiger partial charge in [-0.25, -0.2) is 13.9 Å². The first-order chi connectivity index (χ1) is 5.90. The van der Waals surface area contributed by atoms with Crippen LogP contribution in [0.4, 0.5) is 14.7 Å². The minimum Gasteiger partial charge on any atom is -0.368 e. The fourth-order valence-corrected chi connectivity index (χ4v) is 1.08. The van der Waals surface area contributed by atoms with Gasteiger partial charge in [0.15, 0.2) is 4.77 Å². The lowest BCUT2D eigenvalue weighted by Crippen LogP contribution is -2.15. The van der Waals surface area contributed by atoms with Crippen molar-refractivity contribution in [2.75, 3.05) is 5.73 Å². The molecule has 0 saturated heterocycles. The van der Waals surface area contributed by atoms with Crippen molar-refractivity contribution < 1.29 is 8.78 Å². The lowest BCUT2D eigenvalue weighted by molar-refractivity contribution is 0.00875. The molecule has 0 fully saturated rings. The number of halogens is 2. The van der Waals surface area contributed by atoms with Crippen LogP contribution < -0.4 is 5.73 Å². The van der Waals surface area contributed by atoms with E-state index in [-0.39, 0.29) is 23.7 Å². The highest BCUT2D eigenvalue weighted by molar-refractivity contribution is 7.71. The monoisotopic (exact) mass is 208 g/mol. The average molecular weight is 208 g/mol. The third kappa shape index (κ3) is 2.76. The van der Waals surface area contributed by atoms with E-state index >= 15 is 0 Å². The van der Waals surface area contributed by atoms with E-state index in [1.54, 1.807) is 0 Å². The maximum Gasteiger partial charge on any atom is 0.247 e. The maximum atomic E-state index is 12.5. The molecule has 1 rings (SSSR count). The highest BCUT2D eigenvalue weighted by atomic mass is 32.1. The number of nitrogens with two attached hydrogens (primary N) is 1. The highest BCUT2D eigenvalue weighted by Crippen LogP contribution is 2.18. The number of nitrogens with zero attached hydrogens (tertiary/aromatic N) is 2. The Labute approximate surface area is 78.7 Å². The average Bonchev–Trinajstić information content (AvgIpc) is 2.27. The Bertz CT molecular complexity index is 337. The smallest absolute Gasteiger partial charge is 0.247 e. The van der Waals surface area contributed by atoms with Crippen molar-refractivity contribution in [3.05, 3.63) is 4.77 Å². The van der Waals surface area contributed by atoms with Gasteiger partial charge in [0, 0.05) is 13.0 Å². The van der Waals surface area contributed by atoms with Gasteiger partial charge in [0.1, 0.15) is 0 Å². The Hall–Kier alpha value is -0.980. The van der Waals surface area contributed by atoms with Gasteiger partial charge in [-0.1, -0.05) is 0 Å². The molecule has 0 amide bonds. The molecule has 1 heterocycles. The molecular weight excluding hydrogens is 198 g/mol. The molecule has 0 spiro atoms. The van der Waals surface area contributed by atoms with Crippen molar-refractivity contribution in [3.63, 3.8) is 0 Å². The van der Waals surface area contributed by atoms with Gasteiger partial charge in [0.05, 0.1) is 0 Å². The second-order valence-electron chi connectivity index (χ2n) is 2.86. The van der Waals surface area contributed by atoms with E-state index in [0.29, 0.717) is 0 Å². The number of nitrogens with one attached hydrogen (secondary N) is 1. The van der Waals surface area contributed by atoms with Crippen molar-refractivity contribution in [2.24, 2.45) is 0 Å². The van der Waals surface area contributed by atoms with Crippen molar-refractivity contribution in [1.29, 1.82) is 0 Å². The molecule has 0 atom stereocenters. The van der Waals surface area contributed by atoms with Gasteiger partial charge in [0.2, 0.25) is 11.9 Å². The van der Waals surface area contributed by atoms with Gasteiger partial charge in [-0.15, -0.1) is 5.10 Å². The number of anilines is 1. The van der Waals surface area contributed by atoms with E-state index in [2.05, 4.69) is 10.2 Å². The molecule has 7 heteroatoms. The van der Waals surface area contributed by atoms with Crippen LogP contribution in [0.2, 0.25) is 0 Å². The summed E-state index contributed by atoms with van der Waals surface area (Å²) < 4.78 is 26.5. The lowest BCUT2D eigenvalue weighted by Gasteiger charge is -2.10. The lowest BCUT2D eigenvalue weighted by atomic mass is 10.3. The molecule has 74 valence electrons. The standard InChI is InChI=1S/C6H10F2N4S/c1-6(7,8)2-3-12-4(9)10-11-5(12)13/h2-3H2,1H3,(H2,9,10)(H,11,13). The van der Waals surface area contributed by atoms with Gasteiger partial charge in [-0.3, -0.25) is 4.57 Å². The predicted octanol–water partition coefficient (Wildman–Crippen LogP) is 1.57. The molecule has 3 N–H and O–H groups in total. The number of rotatable bonds is 3. The fourth-order valence-electron chi connectivity index (χ4n) is 0.854. The van der Waals surface area contributed by atoms with Crippen LogP contribution in [-0.4, -0.2) is 20.7 Å². The Morgan fingerprint density at radius 2 is 2.31 bits per heavy atom. The van der Waals surface area contributed by atoms with E-state index in [1.807, 2.05) is 0 Å². The van der Waals surface area contributed by atoms with Gasteiger partial charge < -0.3 is 5.73 Å². The summed E-state index contributed by atoms with van der Waals surface area (Å²) in [6.45, 7) is 0.928. The summed E-state index contributed by atoms with van der Waals surface area (Å²) in [5, 5.41) is 6.01. The topological polar surface area (TPSA) is 59.6 Å². The number of nitrogen functional groups attached to an aromatic ring is 1. The quantitative estimate of drug-likeness (QED) is 0.741. The Morgan fingerprint density at radius 1 is 1.69 bits per heavy atom. The molecular formula is C6H10F2N4S. The number of aromatic nitrogens is 3. The van der Waals surface area contributed by atoms with Crippen LogP contribution in [0.1, 0.15) is 13.3 Å². The number of alkyl halides is 2. The van der Waals surface area contributed by atoms with E-state index in [0.717, 1.165) is 6.92 Å². The Balaban J connectivity index is 2.70. The highest BCUT2D eigenvalue weighted by Gasteiger charge is 2.21. The van der Waals surface area contributed by atoms with Crippen molar-refractivity contribution in [1.82, 2.24) is 14.8 Å². The van der Waals surface area contributed by atoms with Crippen LogP contribution in [-0.2, 0) is 6.54 Å². The van der Waals surface area contributed by atoms with E-state index in [9.17, 15) is 8.78 Å². The summed E-state index contributed by atoms with van der Waals surface area (Å²) in [6, 6.07) is 0. The van der Waals surface area contributed by atoms with Crippen molar-refractivity contribution in [3.8, 4) is 0 Å². The normalized spacial score (nSPS) is 11.9. The van der Waals surface area contributed by atoms with Crippen LogP contribution >= 0.6 is 12.2 Å². The summed E-state index contributed by atoms with van der Waals surface area (Å²) in [6.07, 6.45) is -0.301. The number of H-pyrrole nitrogens is 1. The summed E-state index contributed by atoms with van der Waals surface area (Å²) in [5.74, 6) is -2.58. The van der Waals surface area contributed by atoms with Crippen molar-refractivity contribution in [2.45, 2.75) is 25.8 Å². The number of hydrogen-bond donors (Lipinski definition) is 2. The molecule has 0 unspecified atom stereocenters. The SMILES string of the molecule is CC(F)(F)CCn1c(N)n[nH]c1=S. The van der Waals surface area contributed by atoms with E-state index < -0.39 is 5.92 Å². The predicted molar refractivity (Wildman–Crippen MR) is 47.1 cm³/mol. The molecule has 0 aliphatic carbocycles. The Kier molecular flexibility index (Phi) is 2.65. The molecule has 0 saturated carbocycles. The second-order valence-corrected chi connectivity index (χ2v) is 3.25. The first kappa shape index (κ1) is 10.1. The Morgan fingerprint density at radius 3 is 2.69 bits per heavy atom. The first-order valence-corrected chi connectivity index (χ1v) is 4.09. The molecule has 1 aromatic heterocycles. The molecule has 0 radical (unpaired) electrons. The van der Waals surface area contributed by atoms with Crippen LogP contribution in [0.5, 0.6) is 0 Å². The maximum absolute atomic E-state index is 12.5. The third-order valence-electron chi connectivity index (χ3n) is 1.56.